The molecule has 2 aromatic rings. The number of hydrogen-bond acceptors (Lipinski definition) is 3. The molecule has 0 aliphatic carbocycles. The minimum Gasteiger partial charge on any atom is -0.348 e. The van der Waals surface area contributed by atoms with E-state index in [0.29, 0.717) is 13.0 Å². The van der Waals surface area contributed by atoms with Crippen LogP contribution in [0, 0.1) is 11.3 Å². The summed E-state index contributed by atoms with van der Waals surface area (Å²) in [5.74, 6) is 0.357. The number of carbonyl (C=O) groups excluding carboxylic acids is 2. The number of pyridine rings is 1. The lowest BCUT2D eigenvalue weighted by Crippen LogP contribution is -2.55. The van der Waals surface area contributed by atoms with E-state index in [2.05, 4.69) is 43.1 Å². The molecule has 1 aromatic carbocycles. The molecule has 0 bridgehead atoms. The molecule has 0 N–H and O–H groups in total. The number of amides is 2. The lowest BCUT2D eigenvalue weighted by atomic mass is 9.73. The fraction of sp³-hybridized carbons (Fsp3) is 0.500. The van der Waals surface area contributed by atoms with Gasteiger partial charge >= 0.3 is 0 Å². The third kappa shape index (κ3) is 5.15. The van der Waals surface area contributed by atoms with Crippen LogP contribution >= 0.6 is 0 Å². The van der Waals surface area contributed by atoms with Crippen LogP contribution in [0.2, 0.25) is 0 Å². The molecule has 3 rings (SSSR count). The summed E-state index contributed by atoms with van der Waals surface area (Å²) >= 11 is 0. The molecule has 1 aromatic heterocycles. The first-order chi connectivity index (χ1) is 14.9. The molecule has 1 saturated heterocycles. The Morgan fingerprint density at radius 1 is 1.10 bits per heavy atom. The molecule has 0 spiro atoms. The Kier molecular flexibility index (Phi) is 7.47. The Morgan fingerprint density at radius 3 is 2.45 bits per heavy atom. The smallest absolute Gasteiger partial charge is 0.230 e. The Hall–Kier alpha value is -2.69. The summed E-state index contributed by atoms with van der Waals surface area (Å²) in [4.78, 5) is 34.3. The van der Waals surface area contributed by atoms with Gasteiger partial charge in [-0.05, 0) is 60.9 Å². The molecule has 0 unspecified atom stereocenters. The molecule has 0 radical (unpaired) electrons. The van der Waals surface area contributed by atoms with Crippen molar-refractivity contribution in [3.05, 3.63) is 54.4 Å². The molecule has 1 aliphatic heterocycles. The second kappa shape index (κ2) is 10.1. The molecular weight excluding hydrogens is 386 g/mol. The zero-order valence-electron chi connectivity index (χ0n) is 19.3. The quantitative estimate of drug-likeness (QED) is 0.665. The van der Waals surface area contributed by atoms with Crippen molar-refractivity contribution in [1.82, 2.24) is 14.8 Å². The molecule has 31 heavy (non-hydrogen) atoms. The maximum Gasteiger partial charge on any atom is 0.230 e. The van der Waals surface area contributed by atoms with Gasteiger partial charge in [0.25, 0.3) is 0 Å². The average molecular weight is 422 g/mol. The molecule has 2 amide bonds. The minimum absolute atomic E-state index is 0.0419. The standard InChI is InChI=1S/C26H35N3O2/c1-5-21(6-2)24(30)29-16-8-13-26(19-29,25(31)28(3)4)18-20-9-7-10-23(17-20)22-11-14-27-15-12-22/h7,9-12,14-15,17,21H,5-6,8,13,16,18-19H2,1-4H3/t26-/m0/s1. The number of rotatable bonds is 7. The van der Waals surface area contributed by atoms with E-state index in [-0.39, 0.29) is 17.7 Å². The molecule has 1 aliphatic rings. The van der Waals surface area contributed by atoms with Gasteiger partial charge in [-0.2, -0.15) is 0 Å². The van der Waals surface area contributed by atoms with Gasteiger partial charge in [-0.3, -0.25) is 14.6 Å². The van der Waals surface area contributed by atoms with Crippen molar-refractivity contribution in [2.45, 2.75) is 46.0 Å². The summed E-state index contributed by atoms with van der Waals surface area (Å²) in [6.07, 6.45) is 7.56. The number of piperidine rings is 1. The third-order valence-electron chi connectivity index (χ3n) is 6.57. The van der Waals surface area contributed by atoms with Crippen LogP contribution in [0.5, 0.6) is 0 Å². The number of nitrogens with zero attached hydrogens (tertiary/aromatic N) is 3. The topological polar surface area (TPSA) is 53.5 Å². The van der Waals surface area contributed by atoms with Crippen LogP contribution < -0.4 is 0 Å². The second-order valence-electron chi connectivity index (χ2n) is 8.97. The summed E-state index contributed by atoms with van der Waals surface area (Å²) < 4.78 is 0. The van der Waals surface area contributed by atoms with E-state index in [1.165, 1.54) is 0 Å². The highest BCUT2D eigenvalue weighted by Crippen LogP contribution is 2.37. The van der Waals surface area contributed by atoms with E-state index in [9.17, 15) is 9.59 Å². The van der Waals surface area contributed by atoms with Crippen molar-refractivity contribution in [3.63, 3.8) is 0 Å². The number of aromatic nitrogens is 1. The average Bonchev–Trinajstić information content (AvgIpc) is 2.80. The largest absolute Gasteiger partial charge is 0.348 e. The number of hydrogen-bond donors (Lipinski definition) is 0. The Balaban J connectivity index is 1.91. The van der Waals surface area contributed by atoms with E-state index in [1.54, 1.807) is 17.3 Å². The Bertz CT molecular complexity index is 893. The van der Waals surface area contributed by atoms with Gasteiger partial charge in [0.1, 0.15) is 0 Å². The number of benzene rings is 1. The maximum atomic E-state index is 13.4. The molecule has 166 valence electrons. The lowest BCUT2D eigenvalue weighted by molar-refractivity contribution is -0.149. The van der Waals surface area contributed by atoms with Gasteiger partial charge in [-0.25, -0.2) is 0 Å². The SMILES string of the molecule is CCC(CC)C(=O)N1CCC[C@@](Cc2cccc(-c3ccncc3)c2)(C(=O)N(C)C)C1. The van der Waals surface area contributed by atoms with Crippen molar-refractivity contribution in [3.8, 4) is 11.1 Å². The van der Waals surface area contributed by atoms with Gasteiger partial charge in [-0.15, -0.1) is 0 Å². The molecule has 1 fully saturated rings. The van der Waals surface area contributed by atoms with Crippen LogP contribution in [0.4, 0.5) is 0 Å². The van der Waals surface area contributed by atoms with Crippen molar-refractivity contribution in [2.75, 3.05) is 27.2 Å². The second-order valence-corrected chi connectivity index (χ2v) is 8.97. The third-order valence-corrected chi connectivity index (χ3v) is 6.57. The molecule has 5 nitrogen and oxygen atoms in total. The summed E-state index contributed by atoms with van der Waals surface area (Å²) in [5, 5.41) is 0. The van der Waals surface area contributed by atoms with Gasteiger partial charge in [0, 0.05) is 45.5 Å². The summed E-state index contributed by atoms with van der Waals surface area (Å²) in [7, 11) is 3.64. The highest BCUT2D eigenvalue weighted by atomic mass is 16.2. The molecule has 5 heteroatoms. The fourth-order valence-corrected chi connectivity index (χ4v) is 4.88. The van der Waals surface area contributed by atoms with Crippen LogP contribution in [-0.4, -0.2) is 53.8 Å². The van der Waals surface area contributed by atoms with E-state index >= 15 is 0 Å². The summed E-state index contributed by atoms with van der Waals surface area (Å²) in [6, 6.07) is 12.4. The molecule has 0 saturated carbocycles. The monoisotopic (exact) mass is 421 g/mol. The van der Waals surface area contributed by atoms with Crippen molar-refractivity contribution in [1.29, 1.82) is 0 Å². The highest BCUT2D eigenvalue weighted by Gasteiger charge is 2.44. The van der Waals surface area contributed by atoms with Gasteiger partial charge in [-0.1, -0.05) is 38.1 Å². The first kappa shape index (κ1) is 23.0. The fourth-order valence-electron chi connectivity index (χ4n) is 4.88. The normalized spacial score (nSPS) is 18.8. The van der Waals surface area contributed by atoms with Crippen molar-refractivity contribution in [2.24, 2.45) is 11.3 Å². The molecule has 1 atom stereocenters. The highest BCUT2D eigenvalue weighted by molar-refractivity contribution is 5.85. The number of carbonyl (C=O) groups is 2. The van der Waals surface area contributed by atoms with Crippen LogP contribution in [0.3, 0.4) is 0 Å². The molecular formula is C26H35N3O2. The van der Waals surface area contributed by atoms with Gasteiger partial charge < -0.3 is 9.80 Å². The summed E-state index contributed by atoms with van der Waals surface area (Å²) in [6.45, 7) is 5.38. The van der Waals surface area contributed by atoms with E-state index in [4.69, 9.17) is 0 Å². The Labute approximate surface area is 186 Å². The zero-order chi connectivity index (χ0) is 22.4. The zero-order valence-corrected chi connectivity index (χ0v) is 19.3. The molecule has 2 heterocycles. The van der Waals surface area contributed by atoms with E-state index in [0.717, 1.165) is 48.9 Å². The minimum atomic E-state index is -0.583. The van der Waals surface area contributed by atoms with Crippen LogP contribution in [0.15, 0.2) is 48.8 Å². The summed E-state index contributed by atoms with van der Waals surface area (Å²) in [5.41, 5.74) is 2.77. The maximum absolute atomic E-state index is 13.4. The van der Waals surface area contributed by atoms with Gasteiger partial charge in [0.15, 0.2) is 0 Å². The van der Waals surface area contributed by atoms with E-state index < -0.39 is 5.41 Å². The number of likely N-dealkylation sites (tertiary alicyclic amines) is 1. The van der Waals surface area contributed by atoms with Crippen LogP contribution in [-0.2, 0) is 16.0 Å². The first-order valence-electron chi connectivity index (χ1n) is 11.4. The van der Waals surface area contributed by atoms with E-state index in [1.807, 2.05) is 31.1 Å². The predicted octanol–water partition coefficient (Wildman–Crippen LogP) is 4.42. The van der Waals surface area contributed by atoms with Gasteiger partial charge in [0.05, 0.1) is 5.41 Å². The Morgan fingerprint density at radius 2 is 1.81 bits per heavy atom. The van der Waals surface area contributed by atoms with Gasteiger partial charge in [0.2, 0.25) is 11.8 Å². The van der Waals surface area contributed by atoms with Crippen molar-refractivity contribution >= 4 is 11.8 Å². The lowest BCUT2D eigenvalue weighted by Gasteiger charge is -2.44. The van der Waals surface area contributed by atoms with Crippen molar-refractivity contribution < 1.29 is 9.59 Å². The first-order valence-corrected chi connectivity index (χ1v) is 11.4. The van der Waals surface area contributed by atoms with Crippen LogP contribution in [0.1, 0.15) is 45.1 Å². The van der Waals surface area contributed by atoms with Crippen LogP contribution in [0.25, 0.3) is 11.1 Å². The predicted molar refractivity (Wildman–Crippen MR) is 124 cm³/mol.